The molecule has 4 aromatic heterocycles. The van der Waals surface area contributed by atoms with Crippen LogP contribution in [0.25, 0.3) is 22.2 Å². The van der Waals surface area contributed by atoms with Gasteiger partial charge < -0.3 is 0 Å². The number of imidazole rings is 1. The number of nitrogen functional groups attached to an aromatic ring is 1. The number of aromatic nitrogens is 8. The Labute approximate surface area is 244 Å². The van der Waals surface area contributed by atoms with Gasteiger partial charge in [-0.05, 0) is 0 Å². The molecule has 0 radical (unpaired) electrons. The number of H-pyrrole nitrogens is 1. The van der Waals surface area contributed by atoms with E-state index in [1.165, 1.54) is 23.4 Å². The fraction of sp³-hybridized carbons (Fsp3) is 0.500. The number of fused-ring (bicyclic) bond motifs is 5. The summed E-state index contributed by atoms with van der Waals surface area (Å²) < 4.78 is 35.5. The molecule has 3 saturated heterocycles. The predicted molar refractivity (Wildman–Crippen MR) is 145 cm³/mol. The quantitative estimate of drug-likeness (QED) is 0.0972. The fourth-order valence-electron chi connectivity index (χ4n) is 5.33. The van der Waals surface area contributed by atoms with Crippen molar-refractivity contribution in [3.63, 3.8) is 0 Å². The predicted octanol–water partition coefficient (Wildman–Crippen LogP) is -3.34. The molecular formula is C20H27N9O13P2. The van der Waals surface area contributed by atoms with Gasteiger partial charge in [0.15, 0.2) is 0 Å². The molecule has 0 unspecified atom stereocenters. The minimum atomic E-state index is -5.17. The van der Waals surface area contributed by atoms with Crippen molar-refractivity contribution in [2.24, 2.45) is 0 Å². The van der Waals surface area contributed by atoms with Gasteiger partial charge in [0.25, 0.3) is 0 Å². The second-order valence-electron chi connectivity index (χ2n) is 10.1. The zero-order valence-electron chi connectivity index (χ0n) is 22.1. The van der Waals surface area contributed by atoms with Gasteiger partial charge in [-0.1, -0.05) is 0 Å². The van der Waals surface area contributed by atoms with E-state index < -0.39 is 84.2 Å². The normalized spacial score (nSPS) is 35.4. The van der Waals surface area contributed by atoms with Crippen molar-refractivity contribution in [3.8, 4) is 0 Å². The summed E-state index contributed by atoms with van der Waals surface area (Å²) in [7, 11) is -10.3. The third-order valence-electron chi connectivity index (χ3n) is 7.37. The van der Waals surface area contributed by atoms with Crippen LogP contribution in [0.5, 0.6) is 0 Å². The van der Waals surface area contributed by atoms with E-state index in [1.54, 1.807) is 0 Å². The number of rotatable bonds is 2. The molecule has 0 aliphatic carbocycles. The van der Waals surface area contributed by atoms with Crippen molar-refractivity contribution in [3.05, 3.63) is 35.5 Å². The Morgan fingerprint density at radius 2 is 1.59 bits per heavy atom. The Balaban J connectivity index is 1.20. The molecule has 2 bridgehead atoms. The van der Waals surface area contributed by atoms with Gasteiger partial charge in [-0.15, -0.1) is 0 Å². The molecule has 44 heavy (non-hydrogen) atoms. The first-order chi connectivity index (χ1) is 20.9. The van der Waals surface area contributed by atoms with Gasteiger partial charge in [0.05, 0.1) is 0 Å². The van der Waals surface area contributed by atoms with Gasteiger partial charge in [0.1, 0.15) is 0 Å². The molecule has 0 saturated carbocycles. The van der Waals surface area contributed by atoms with Crippen LogP contribution in [-0.2, 0) is 27.6 Å². The maximum atomic E-state index is 12.2. The van der Waals surface area contributed by atoms with E-state index in [1.807, 2.05) is 0 Å². The van der Waals surface area contributed by atoms with Crippen molar-refractivity contribution in [2.75, 3.05) is 18.9 Å². The summed E-state index contributed by atoms with van der Waals surface area (Å²) in [5, 5.41) is 26.3. The molecule has 4 aromatic rings. The summed E-state index contributed by atoms with van der Waals surface area (Å²) in [6.45, 7) is -1.42. The first-order valence-corrected chi connectivity index (χ1v) is 16.4. The zero-order chi connectivity index (χ0) is 31.0. The van der Waals surface area contributed by atoms with Crippen LogP contribution >= 0.6 is 16.3 Å². The molecular weight excluding hydrogens is 636 g/mol. The van der Waals surface area contributed by atoms with Gasteiger partial charge in [-0.3, -0.25) is 0 Å². The summed E-state index contributed by atoms with van der Waals surface area (Å²) in [6.07, 6.45) is -7.16. The Morgan fingerprint density at radius 1 is 0.886 bits per heavy atom. The van der Waals surface area contributed by atoms with Gasteiger partial charge >= 0.3 is 245 Å². The Hall–Kier alpha value is -2.92. The van der Waals surface area contributed by atoms with Crippen molar-refractivity contribution < 1.29 is 57.4 Å². The number of aliphatic hydroxyl groups excluding tert-OH is 2. The van der Waals surface area contributed by atoms with Crippen molar-refractivity contribution in [1.29, 1.82) is 0 Å². The number of nitrogens with one attached hydrogen (secondary N) is 1. The van der Waals surface area contributed by atoms with Crippen LogP contribution in [0.15, 0.2) is 30.0 Å². The van der Waals surface area contributed by atoms with E-state index in [9.17, 15) is 34.6 Å². The third kappa shape index (κ3) is 5.13. The van der Waals surface area contributed by atoms with Crippen molar-refractivity contribution >= 4 is 44.4 Å². The molecule has 7 rings (SSSR count). The minimum absolute atomic E-state index is 0.0175. The average Bonchev–Trinajstić information content (AvgIpc) is 3.73. The number of nitrogens with zero attached hydrogens (tertiary/aromatic N) is 7. The summed E-state index contributed by atoms with van der Waals surface area (Å²) in [4.78, 5) is 73.8. The topological polar surface area (TPSA) is 310 Å². The summed E-state index contributed by atoms with van der Waals surface area (Å²) in [6, 6.07) is 0. The SMILES string of the molecule is Nc1ncnc2c1ncn2[C@@H]1O[C@@H]2CO[PH](O)(O)O[C@@H]3[C@H](O)[C@@H](CO[PH](O)(O)O[C@H]2[C@H]1O)O[C@H]3n1ncc2c(=O)[nH]cnc21. The van der Waals surface area contributed by atoms with Gasteiger partial charge in [0.2, 0.25) is 0 Å². The molecule has 3 aliphatic heterocycles. The standard InChI is InChI=1S/C20H27N9O13P2/c21-15-10-17(24-4-22-15)28(6-26-10)19-12(31)13-9(40-19)3-38-44(35,36)42-14-11(30)8(2-37-43(33,34)41-13)39-20(14)29-16-7(1-27-29)18(32)25-5-23-16/h1,4-6,8-9,11-14,19-20,30-31,33-36,43-44H,2-3H2,(H2,21,22,24)(H,23,25,32)/t8-,9-,11-,12-,13-,14-,19-,20-/m1/s1. The first-order valence-electron chi connectivity index (χ1n) is 13.0. The van der Waals surface area contributed by atoms with Crippen LogP contribution in [0.3, 0.4) is 0 Å². The summed E-state index contributed by atoms with van der Waals surface area (Å²) in [5.74, 6) is 0.0606. The number of nitrogens with two attached hydrogens (primary N) is 1. The third-order valence-corrected chi connectivity index (χ3v) is 9.62. The van der Waals surface area contributed by atoms with Crippen molar-refractivity contribution in [1.82, 2.24) is 39.3 Å². The molecule has 0 spiro atoms. The Morgan fingerprint density at radius 3 is 2.36 bits per heavy atom. The van der Waals surface area contributed by atoms with Gasteiger partial charge in [-0.2, -0.15) is 0 Å². The van der Waals surface area contributed by atoms with Crippen LogP contribution in [0.4, 0.5) is 5.82 Å². The fourth-order valence-corrected chi connectivity index (χ4v) is 7.48. The van der Waals surface area contributed by atoms with Crippen LogP contribution in [0.1, 0.15) is 12.5 Å². The van der Waals surface area contributed by atoms with Crippen LogP contribution in [0.2, 0.25) is 0 Å². The van der Waals surface area contributed by atoms with Gasteiger partial charge in [-0.25, -0.2) is 0 Å². The molecule has 0 amide bonds. The molecule has 9 N–H and O–H groups in total. The second-order valence-corrected chi connectivity index (χ2v) is 13.4. The van der Waals surface area contributed by atoms with E-state index in [0.29, 0.717) is 0 Å². The number of aromatic amines is 1. The molecule has 240 valence electrons. The number of aliphatic hydroxyl groups is 2. The molecule has 24 heteroatoms. The number of anilines is 1. The molecule has 0 aromatic carbocycles. The van der Waals surface area contributed by atoms with Crippen molar-refractivity contribution in [2.45, 2.75) is 49.1 Å². The molecule has 8 atom stereocenters. The summed E-state index contributed by atoms with van der Waals surface area (Å²) in [5.41, 5.74) is 5.73. The van der Waals surface area contributed by atoms with E-state index in [2.05, 4.69) is 30.0 Å². The van der Waals surface area contributed by atoms with Crippen LogP contribution in [0, 0.1) is 0 Å². The average molecular weight is 663 g/mol. The summed E-state index contributed by atoms with van der Waals surface area (Å²) >= 11 is 0. The Kier molecular flexibility index (Phi) is 7.35. The molecule has 3 fully saturated rings. The first kappa shape index (κ1) is 29.8. The van der Waals surface area contributed by atoms with E-state index in [4.69, 9.17) is 33.3 Å². The van der Waals surface area contributed by atoms with E-state index in [-0.39, 0.29) is 28.0 Å². The van der Waals surface area contributed by atoms with Crippen LogP contribution in [-0.4, -0.2) is 119 Å². The van der Waals surface area contributed by atoms with E-state index in [0.717, 1.165) is 11.0 Å². The van der Waals surface area contributed by atoms with Gasteiger partial charge in [0, 0.05) is 0 Å². The number of ether oxygens (including phenoxy) is 2. The zero-order valence-corrected chi connectivity index (χ0v) is 24.1. The monoisotopic (exact) mass is 663 g/mol. The second kappa shape index (κ2) is 10.9. The number of hydrogen-bond acceptors (Lipinski definition) is 19. The van der Waals surface area contributed by atoms with E-state index >= 15 is 0 Å². The molecule has 3 aliphatic rings. The Bertz CT molecular complexity index is 1750. The molecule has 7 heterocycles. The number of hydrogen-bond donors (Lipinski definition) is 8. The maximum absolute atomic E-state index is 12.2. The molecule has 22 nitrogen and oxygen atoms in total. The van der Waals surface area contributed by atoms with Crippen LogP contribution < -0.4 is 11.3 Å².